The molecule has 0 bridgehead atoms. The van der Waals surface area contributed by atoms with Gasteiger partial charge in [0.05, 0.1) is 6.61 Å². The van der Waals surface area contributed by atoms with Gasteiger partial charge in [-0.2, -0.15) is 5.26 Å². The Balaban J connectivity index is 1.58. The molecule has 1 saturated carbocycles. The summed E-state index contributed by atoms with van der Waals surface area (Å²) in [6.07, 6.45) is 8.23. The van der Waals surface area contributed by atoms with Gasteiger partial charge in [0, 0.05) is 12.6 Å². The first kappa shape index (κ1) is 20.9. The number of ether oxygens (including phenoxy) is 2. The Labute approximate surface area is 172 Å². The van der Waals surface area contributed by atoms with Crippen LogP contribution in [0.2, 0.25) is 0 Å². The van der Waals surface area contributed by atoms with E-state index in [4.69, 9.17) is 9.47 Å². The van der Waals surface area contributed by atoms with Crippen molar-refractivity contribution in [3.63, 3.8) is 0 Å². The fourth-order valence-corrected chi connectivity index (χ4v) is 4.35. The molecule has 0 N–H and O–H groups in total. The Kier molecular flexibility index (Phi) is 7.29. The van der Waals surface area contributed by atoms with Crippen LogP contribution in [0, 0.1) is 17.2 Å². The maximum atomic E-state index is 12.7. The second-order valence-corrected chi connectivity index (χ2v) is 7.59. The van der Waals surface area contributed by atoms with E-state index in [1.807, 2.05) is 17.9 Å². The first-order valence-corrected chi connectivity index (χ1v) is 10.4. The second-order valence-electron chi connectivity index (χ2n) is 7.59. The van der Waals surface area contributed by atoms with Crippen molar-refractivity contribution in [2.24, 2.45) is 5.92 Å². The number of hydrogen-bond donors (Lipinski definition) is 0. The summed E-state index contributed by atoms with van der Waals surface area (Å²) in [5.41, 5.74) is 0.561. The van der Waals surface area contributed by atoms with E-state index in [0.29, 0.717) is 18.1 Å². The average Bonchev–Trinajstić information content (AvgIpc) is 2.76. The van der Waals surface area contributed by atoms with Crippen LogP contribution in [0.3, 0.4) is 0 Å². The largest absolute Gasteiger partial charge is 0.494 e. The van der Waals surface area contributed by atoms with Crippen LogP contribution in [-0.2, 0) is 14.3 Å². The van der Waals surface area contributed by atoms with Gasteiger partial charge < -0.3 is 14.4 Å². The highest BCUT2D eigenvalue weighted by Crippen LogP contribution is 2.35. The molecular weight excluding hydrogens is 368 g/mol. The number of esters is 1. The molecule has 1 aliphatic heterocycles. The molecule has 6 nitrogen and oxygen atoms in total. The van der Waals surface area contributed by atoms with Crippen molar-refractivity contribution in [3.8, 4) is 11.8 Å². The van der Waals surface area contributed by atoms with Crippen LogP contribution < -0.4 is 4.74 Å². The van der Waals surface area contributed by atoms with Gasteiger partial charge in [-0.15, -0.1) is 0 Å². The number of amides is 1. The summed E-state index contributed by atoms with van der Waals surface area (Å²) in [5, 5.41) is 9.33. The minimum Gasteiger partial charge on any atom is -0.494 e. The third kappa shape index (κ3) is 5.38. The molecule has 1 amide bonds. The predicted octanol–water partition coefficient (Wildman–Crippen LogP) is 3.72. The van der Waals surface area contributed by atoms with E-state index >= 15 is 0 Å². The van der Waals surface area contributed by atoms with Gasteiger partial charge in [0.1, 0.15) is 17.4 Å². The zero-order chi connectivity index (χ0) is 20.6. The maximum Gasteiger partial charge on any atom is 0.349 e. The van der Waals surface area contributed by atoms with Gasteiger partial charge in [-0.3, -0.25) is 4.79 Å². The smallest absolute Gasteiger partial charge is 0.349 e. The van der Waals surface area contributed by atoms with E-state index in [1.54, 1.807) is 24.3 Å². The Hall–Kier alpha value is -2.81. The van der Waals surface area contributed by atoms with Gasteiger partial charge in [0.2, 0.25) is 0 Å². The third-order valence-electron chi connectivity index (χ3n) is 5.73. The topological polar surface area (TPSA) is 79.6 Å². The van der Waals surface area contributed by atoms with Crippen molar-refractivity contribution < 1.29 is 19.1 Å². The van der Waals surface area contributed by atoms with Crippen molar-refractivity contribution in [2.45, 2.75) is 51.5 Å². The molecule has 0 spiro atoms. The predicted molar refractivity (Wildman–Crippen MR) is 109 cm³/mol. The lowest BCUT2D eigenvalue weighted by atomic mass is 9.78. The third-order valence-corrected chi connectivity index (χ3v) is 5.73. The Morgan fingerprint density at radius 2 is 1.90 bits per heavy atom. The highest BCUT2D eigenvalue weighted by Gasteiger charge is 2.35. The van der Waals surface area contributed by atoms with E-state index in [2.05, 4.69) is 0 Å². The van der Waals surface area contributed by atoms with E-state index < -0.39 is 5.97 Å². The maximum absolute atomic E-state index is 12.7. The molecule has 1 aromatic rings. The van der Waals surface area contributed by atoms with Gasteiger partial charge in [0.25, 0.3) is 5.91 Å². The van der Waals surface area contributed by atoms with Crippen LogP contribution in [0.4, 0.5) is 0 Å². The number of piperidine rings is 1. The molecule has 0 radical (unpaired) electrons. The van der Waals surface area contributed by atoms with Gasteiger partial charge in [-0.25, -0.2) is 4.79 Å². The Bertz CT molecular complexity index is 792. The van der Waals surface area contributed by atoms with E-state index in [1.165, 1.54) is 25.3 Å². The molecule has 3 rings (SSSR count). The molecule has 1 aromatic carbocycles. The first-order valence-electron chi connectivity index (χ1n) is 10.4. The zero-order valence-corrected chi connectivity index (χ0v) is 16.9. The fraction of sp³-hybridized carbons (Fsp3) is 0.522. The summed E-state index contributed by atoms with van der Waals surface area (Å²) >= 11 is 0. The van der Waals surface area contributed by atoms with Gasteiger partial charge in [0.15, 0.2) is 6.61 Å². The van der Waals surface area contributed by atoms with Crippen LogP contribution in [0.15, 0.2) is 29.8 Å². The summed E-state index contributed by atoms with van der Waals surface area (Å²) in [7, 11) is 0. The summed E-state index contributed by atoms with van der Waals surface area (Å²) in [4.78, 5) is 26.9. The highest BCUT2D eigenvalue weighted by molar-refractivity contribution is 5.98. The van der Waals surface area contributed by atoms with Crippen LogP contribution in [0.5, 0.6) is 5.75 Å². The standard InChI is InChI=1S/C23H28N2O4/c1-2-28-20-11-9-17(10-12-20)14-19(15-24)23(27)29-16-22(26)25-13-5-7-18-6-3-4-8-21(18)25/h9-12,14,18,21H,2-8,13,16H2,1H3/b19-14+/t18-,21-/m0/s1. The minimum absolute atomic E-state index is 0.129. The normalized spacial score (nSPS) is 21.7. The average molecular weight is 396 g/mol. The van der Waals surface area contributed by atoms with Crippen LogP contribution in [0.25, 0.3) is 6.08 Å². The van der Waals surface area contributed by atoms with Gasteiger partial charge >= 0.3 is 5.97 Å². The van der Waals surface area contributed by atoms with Crippen molar-refractivity contribution in [1.82, 2.24) is 4.90 Å². The number of hydrogen-bond acceptors (Lipinski definition) is 5. The minimum atomic E-state index is -0.771. The summed E-state index contributed by atoms with van der Waals surface area (Å²) in [6.45, 7) is 2.88. The SMILES string of the molecule is CCOc1ccc(/C=C(\C#N)C(=O)OCC(=O)N2CCC[C@@H]3CCCC[C@@H]32)cc1. The van der Waals surface area contributed by atoms with Crippen molar-refractivity contribution in [3.05, 3.63) is 35.4 Å². The van der Waals surface area contributed by atoms with Crippen molar-refractivity contribution in [2.75, 3.05) is 19.8 Å². The number of fused-ring (bicyclic) bond motifs is 1. The number of nitrogens with zero attached hydrogens (tertiary/aromatic N) is 2. The van der Waals surface area contributed by atoms with Crippen molar-refractivity contribution in [1.29, 1.82) is 5.26 Å². The molecule has 6 heteroatoms. The molecular formula is C23H28N2O4. The monoisotopic (exact) mass is 396 g/mol. The number of benzene rings is 1. The highest BCUT2D eigenvalue weighted by atomic mass is 16.5. The van der Waals surface area contributed by atoms with E-state index in [9.17, 15) is 14.9 Å². The van der Waals surface area contributed by atoms with E-state index in [0.717, 1.165) is 31.6 Å². The summed E-state index contributed by atoms with van der Waals surface area (Å²) < 4.78 is 10.6. The van der Waals surface area contributed by atoms with Crippen LogP contribution >= 0.6 is 0 Å². The summed E-state index contributed by atoms with van der Waals surface area (Å²) in [5.74, 6) is 0.366. The molecule has 29 heavy (non-hydrogen) atoms. The molecule has 2 aliphatic rings. The molecule has 0 unspecified atom stereocenters. The van der Waals surface area contributed by atoms with Crippen LogP contribution in [-0.4, -0.2) is 42.6 Å². The molecule has 2 fully saturated rings. The molecule has 2 atom stereocenters. The van der Waals surface area contributed by atoms with Crippen LogP contribution in [0.1, 0.15) is 51.0 Å². The van der Waals surface area contributed by atoms with E-state index in [-0.39, 0.29) is 24.1 Å². The number of rotatable bonds is 6. The number of likely N-dealkylation sites (tertiary alicyclic amines) is 1. The fourth-order valence-electron chi connectivity index (χ4n) is 4.35. The first-order chi connectivity index (χ1) is 14.1. The lowest BCUT2D eigenvalue weighted by Gasteiger charge is -2.44. The van der Waals surface area contributed by atoms with Gasteiger partial charge in [-0.05, 0) is 62.3 Å². The molecule has 1 saturated heterocycles. The lowest BCUT2D eigenvalue weighted by molar-refractivity contribution is -0.152. The second kappa shape index (κ2) is 10.1. The number of nitriles is 1. The molecule has 1 aliphatic carbocycles. The molecule has 1 heterocycles. The summed E-state index contributed by atoms with van der Waals surface area (Å²) in [6, 6.07) is 9.22. The zero-order valence-electron chi connectivity index (χ0n) is 16.9. The Morgan fingerprint density at radius 1 is 1.17 bits per heavy atom. The molecule has 154 valence electrons. The Morgan fingerprint density at radius 3 is 2.62 bits per heavy atom. The van der Waals surface area contributed by atoms with Crippen molar-refractivity contribution >= 4 is 18.0 Å². The number of carbonyl (C=O) groups is 2. The van der Waals surface area contributed by atoms with Gasteiger partial charge in [-0.1, -0.05) is 25.0 Å². The quantitative estimate of drug-likeness (QED) is 0.416. The molecule has 0 aromatic heterocycles. The number of carbonyl (C=O) groups excluding carboxylic acids is 2. The lowest BCUT2D eigenvalue weighted by Crippen LogP contribution is -2.50.